The third kappa shape index (κ3) is 3.93. The number of carbonyl (C=O) groups is 1. The number of hydrogen-bond donors (Lipinski definition) is 1. The van der Waals surface area contributed by atoms with E-state index in [4.69, 9.17) is 9.47 Å². The molecule has 0 aromatic heterocycles. The van der Waals surface area contributed by atoms with Crippen molar-refractivity contribution in [3.63, 3.8) is 0 Å². The zero-order chi connectivity index (χ0) is 18.6. The van der Waals surface area contributed by atoms with Crippen molar-refractivity contribution >= 4 is 11.6 Å². The average molecular weight is 366 g/mol. The van der Waals surface area contributed by atoms with Gasteiger partial charge in [-0.3, -0.25) is 4.79 Å². The molecule has 1 aliphatic heterocycles. The molecule has 1 unspecified atom stereocenters. The van der Waals surface area contributed by atoms with E-state index in [2.05, 4.69) is 22.3 Å². The van der Waals surface area contributed by atoms with Gasteiger partial charge < -0.3 is 19.7 Å². The molecule has 2 aromatic rings. The quantitative estimate of drug-likeness (QED) is 0.902. The molecule has 5 nitrogen and oxygen atoms in total. The molecule has 5 heteroatoms. The Hall–Kier alpha value is -2.53. The summed E-state index contributed by atoms with van der Waals surface area (Å²) in [5, 5.41) is 3.21. The van der Waals surface area contributed by atoms with E-state index in [0.717, 1.165) is 57.0 Å². The van der Waals surface area contributed by atoms with Crippen molar-refractivity contribution in [3.05, 3.63) is 59.2 Å². The van der Waals surface area contributed by atoms with E-state index in [1.54, 1.807) is 7.11 Å². The number of ether oxygens (including phenoxy) is 2. The molecule has 142 valence electrons. The Bertz CT molecular complexity index is 798. The minimum Gasteiger partial charge on any atom is -0.497 e. The summed E-state index contributed by atoms with van der Waals surface area (Å²) < 4.78 is 10.7. The van der Waals surface area contributed by atoms with E-state index < -0.39 is 0 Å². The molecule has 27 heavy (non-hydrogen) atoms. The van der Waals surface area contributed by atoms with E-state index in [1.165, 1.54) is 11.1 Å². The molecule has 0 saturated carbocycles. The Balaban J connectivity index is 1.45. The highest BCUT2D eigenvalue weighted by atomic mass is 16.5. The number of carbonyl (C=O) groups excluding carboxylic acids is 1. The highest BCUT2D eigenvalue weighted by molar-refractivity contribution is 5.94. The first-order valence-corrected chi connectivity index (χ1v) is 9.65. The molecule has 2 aromatic carbocycles. The first-order chi connectivity index (χ1) is 13.2. The lowest BCUT2D eigenvalue weighted by molar-refractivity contribution is 0.0932. The lowest BCUT2D eigenvalue weighted by Gasteiger charge is -2.29. The molecule has 0 spiro atoms. The van der Waals surface area contributed by atoms with Gasteiger partial charge in [0, 0.05) is 24.3 Å². The molecule has 2 aliphatic rings. The molecule has 4 rings (SSSR count). The summed E-state index contributed by atoms with van der Waals surface area (Å²) in [7, 11) is 1.68. The van der Waals surface area contributed by atoms with Crippen molar-refractivity contribution < 1.29 is 14.3 Å². The fourth-order valence-corrected chi connectivity index (χ4v) is 3.95. The highest BCUT2D eigenvalue weighted by Crippen LogP contribution is 2.32. The van der Waals surface area contributed by atoms with Gasteiger partial charge in [-0.1, -0.05) is 6.07 Å². The first-order valence-electron chi connectivity index (χ1n) is 9.65. The number of morpholine rings is 1. The van der Waals surface area contributed by atoms with Crippen molar-refractivity contribution in [2.75, 3.05) is 38.3 Å². The molecule has 1 heterocycles. The Morgan fingerprint density at radius 1 is 1.15 bits per heavy atom. The molecule has 1 saturated heterocycles. The second kappa shape index (κ2) is 8.01. The fraction of sp³-hybridized carbons (Fsp3) is 0.409. The monoisotopic (exact) mass is 366 g/mol. The van der Waals surface area contributed by atoms with E-state index in [0.29, 0.717) is 5.56 Å². The minimum atomic E-state index is -0.0165. The number of hydrogen-bond acceptors (Lipinski definition) is 4. The van der Waals surface area contributed by atoms with Gasteiger partial charge in [-0.15, -0.1) is 0 Å². The maximum absolute atomic E-state index is 12.8. The summed E-state index contributed by atoms with van der Waals surface area (Å²) in [5.41, 5.74) is 4.33. The molecule has 0 radical (unpaired) electrons. The number of aryl methyl sites for hydroxylation is 1. The molecular formula is C22H26N2O3. The van der Waals surface area contributed by atoms with Gasteiger partial charge in [0.25, 0.3) is 5.91 Å². The number of fused-ring (bicyclic) bond motifs is 1. The number of amides is 1. The number of nitrogens with one attached hydrogen (secondary N) is 1. The zero-order valence-electron chi connectivity index (χ0n) is 15.7. The molecule has 1 N–H and O–H groups in total. The predicted octanol–water partition coefficient (Wildman–Crippen LogP) is 3.34. The van der Waals surface area contributed by atoms with Crippen LogP contribution >= 0.6 is 0 Å². The van der Waals surface area contributed by atoms with Crippen LogP contribution in [0, 0.1) is 0 Å². The first kappa shape index (κ1) is 17.9. The number of anilines is 1. The molecular weight excluding hydrogens is 340 g/mol. The van der Waals surface area contributed by atoms with Crippen molar-refractivity contribution in [1.82, 2.24) is 5.32 Å². The lowest BCUT2D eigenvalue weighted by atomic mass is 9.87. The number of nitrogens with zero attached hydrogens (tertiary/aromatic N) is 1. The largest absolute Gasteiger partial charge is 0.497 e. The van der Waals surface area contributed by atoms with E-state index in [1.807, 2.05) is 30.3 Å². The van der Waals surface area contributed by atoms with Crippen LogP contribution in [0.3, 0.4) is 0 Å². The average Bonchev–Trinajstić information content (AvgIpc) is 2.74. The normalized spacial score (nSPS) is 19.3. The lowest BCUT2D eigenvalue weighted by Crippen LogP contribution is -2.36. The van der Waals surface area contributed by atoms with Crippen molar-refractivity contribution in [2.24, 2.45) is 0 Å². The van der Waals surface area contributed by atoms with Gasteiger partial charge in [0.1, 0.15) is 5.75 Å². The maximum Gasteiger partial charge on any atom is 0.251 e. The second-order valence-corrected chi connectivity index (χ2v) is 7.13. The van der Waals surface area contributed by atoms with Crippen molar-refractivity contribution in [1.29, 1.82) is 0 Å². The van der Waals surface area contributed by atoms with E-state index in [-0.39, 0.29) is 11.9 Å². The van der Waals surface area contributed by atoms with E-state index >= 15 is 0 Å². The summed E-state index contributed by atoms with van der Waals surface area (Å²) in [4.78, 5) is 15.1. The standard InChI is InChI=1S/C22H26N2O3/c1-26-19-9-10-20-17(15-19)3-2-4-21(20)23-22(25)16-5-7-18(8-6-16)24-11-13-27-14-12-24/h5-10,15,21H,2-4,11-14H2,1H3,(H,23,25). The van der Waals surface area contributed by atoms with Gasteiger partial charge >= 0.3 is 0 Å². The number of benzene rings is 2. The van der Waals surface area contributed by atoms with E-state index in [9.17, 15) is 4.79 Å². The number of rotatable bonds is 4. The van der Waals surface area contributed by atoms with Gasteiger partial charge in [-0.05, 0) is 66.8 Å². The Kier molecular flexibility index (Phi) is 5.30. The Morgan fingerprint density at radius 2 is 1.93 bits per heavy atom. The summed E-state index contributed by atoms with van der Waals surface area (Å²) in [6, 6.07) is 14.1. The van der Waals surface area contributed by atoms with Crippen LogP contribution in [0.25, 0.3) is 0 Å². The zero-order valence-corrected chi connectivity index (χ0v) is 15.7. The molecule has 0 bridgehead atoms. The second-order valence-electron chi connectivity index (χ2n) is 7.13. The smallest absolute Gasteiger partial charge is 0.251 e. The van der Waals surface area contributed by atoms with Crippen LogP contribution in [0.1, 0.15) is 40.4 Å². The van der Waals surface area contributed by atoms with Gasteiger partial charge in [-0.2, -0.15) is 0 Å². The van der Waals surface area contributed by atoms with Gasteiger partial charge in [0.05, 0.1) is 26.4 Å². The summed E-state index contributed by atoms with van der Waals surface area (Å²) in [6.07, 6.45) is 3.07. The van der Waals surface area contributed by atoms with Gasteiger partial charge in [-0.25, -0.2) is 0 Å². The summed E-state index contributed by atoms with van der Waals surface area (Å²) >= 11 is 0. The Labute approximate surface area is 160 Å². The third-order valence-electron chi connectivity index (χ3n) is 5.48. The van der Waals surface area contributed by atoms with Crippen LogP contribution in [-0.4, -0.2) is 39.3 Å². The van der Waals surface area contributed by atoms with Crippen LogP contribution in [0.4, 0.5) is 5.69 Å². The van der Waals surface area contributed by atoms with Gasteiger partial charge in [0.2, 0.25) is 0 Å². The van der Waals surface area contributed by atoms with Crippen LogP contribution in [0.5, 0.6) is 5.75 Å². The Morgan fingerprint density at radius 3 is 2.67 bits per heavy atom. The van der Waals surface area contributed by atoms with Crippen molar-refractivity contribution in [3.8, 4) is 5.75 Å². The van der Waals surface area contributed by atoms with Crippen LogP contribution in [-0.2, 0) is 11.2 Å². The topological polar surface area (TPSA) is 50.8 Å². The molecule has 1 atom stereocenters. The maximum atomic E-state index is 12.8. The molecule has 1 amide bonds. The summed E-state index contributed by atoms with van der Waals surface area (Å²) in [5.74, 6) is 0.858. The van der Waals surface area contributed by atoms with Crippen LogP contribution in [0.2, 0.25) is 0 Å². The molecule has 1 fully saturated rings. The third-order valence-corrected chi connectivity index (χ3v) is 5.48. The highest BCUT2D eigenvalue weighted by Gasteiger charge is 2.23. The van der Waals surface area contributed by atoms with Gasteiger partial charge in [0.15, 0.2) is 0 Å². The van der Waals surface area contributed by atoms with Crippen LogP contribution in [0.15, 0.2) is 42.5 Å². The predicted molar refractivity (Wildman–Crippen MR) is 106 cm³/mol. The van der Waals surface area contributed by atoms with Crippen LogP contribution < -0.4 is 15.0 Å². The minimum absolute atomic E-state index is 0.0165. The SMILES string of the molecule is COc1ccc2c(c1)CCCC2NC(=O)c1ccc(N2CCOCC2)cc1. The van der Waals surface area contributed by atoms with Crippen molar-refractivity contribution in [2.45, 2.75) is 25.3 Å². The number of methoxy groups -OCH3 is 1. The summed E-state index contributed by atoms with van der Waals surface area (Å²) in [6.45, 7) is 3.31. The molecule has 1 aliphatic carbocycles. The fourth-order valence-electron chi connectivity index (χ4n) is 3.95.